The first kappa shape index (κ1) is 25.5. The van der Waals surface area contributed by atoms with Crippen LogP contribution in [0.3, 0.4) is 0 Å². The minimum absolute atomic E-state index is 0. The summed E-state index contributed by atoms with van der Waals surface area (Å²) >= 11 is -17.2. The molecule has 0 saturated heterocycles. The normalized spacial score (nSPS) is 10.9. The molecule has 0 aliphatic carbocycles. The van der Waals surface area contributed by atoms with Gasteiger partial charge in [-0.25, -0.2) is 0 Å². The second kappa shape index (κ2) is 9.69. The van der Waals surface area contributed by atoms with Crippen LogP contribution >= 0.6 is 0 Å². The second-order valence-corrected chi connectivity index (χ2v) is 5.05. The molecule has 0 aliphatic rings. The Labute approximate surface area is 105 Å². The van der Waals surface area contributed by atoms with Crippen LogP contribution < -0.4 is 24.9 Å². The van der Waals surface area contributed by atoms with Crippen molar-refractivity contribution < 1.29 is 106 Å². The average molecular weight is 400 g/mol. The molecule has 0 rings (SSSR count). The third-order valence-electron chi connectivity index (χ3n) is 0. The van der Waals surface area contributed by atoms with Crippen molar-refractivity contribution in [1.29, 1.82) is 0 Å². The van der Waals surface area contributed by atoms with Gasteiger partial charge in [-0.3, -0.25) is 0 Å². The molecular formula is Cr4O12. The number of hydrogen-bond donors (Lipinski definition) is 0. The quantitative estimate of drug-likeness (QED) is 0.368. The maximum absolute atomic E-state index is 8.59. The van der Waals surface area contributed by atoms with E-state index in [1.807, 2.05) is 0 Å². The van der Waals surface area contributed by atoms with Crippen molar-refractivity contribution in [2.75, 3.05) is 0 Å². The average Bonchev–Trinajstić information content (AvgIpc) is 1.41. The summed E-state index contributed by atoms with van der Waals surface area (Å²) in [5, 5.41) is 0. The van der Waals surface area contributed by atoms with Crippen LogP contribution in [0.2, 0.25) is 0 Å². The first-order chi connectivity index (χ1) is 6.00. The molecule has 12 nitrogen and oxygen atoms in total. The molecule has 0 aromatic rings. The first-order valence-electron chi connectivity index (χ1n) is 2.00. The van der Waals surface area contributed by atoms with Gasteiger partial charge in [0.2, 0.25) is 0 Å². The van der Waals surface area contributed by atoms with E-state index in [2.05, 4.69) is 0 Å². The van der Waals surface area contributed by atoms with Gasteiger partial charge in [0.1, 0.15) is 0 Å². The third-order valence-corrected chi connectivity index (χ3v) is 0. The van der Waals surface area contributed by atoms with E-state index in [1.54, 1.807) is 0 Å². The molecule has 0 radical (unpaired) electrons. The molecule has 0 aromatic carbocycles. The molecule has 0 aromatic heterocycles. The Kier molecular flexibility index (Phi) is 15.5. The predicted molar refractivity (Wildman–Crippen MR) is 4.12 cm³/mol. The fourth-order valence-electron chi connectivity index (χ4n) is 0. The van der Waals surface area contributed by atoms with Crippen LogP contribution in [0.25, 0.3) is 0 Å². The molecule has 0 heterocycles. The molecule has 96 valence electrons. The molecule has 0 bridgehead atoms. The van der Waals surface area contributed by atoms with E-state index >= 15 is 0 Å². The zero-order valence-corrected chi connectivity index (χ0v) is 11.6. The van der Waals surface area contributed by atoms with Crippen LogP contribution in [0.15, 0.2) is 0 Å². The van der Waals surface area contributed by atoms with Gasteiger partial charge in [0, 0.05) is 0 Å². The fourth-order valence-corrected chi connectivity index (χ4v) is 0. The Morgan fingerprint density at radius 3 is 0.438 bits per heavy atom. The van der Waals surface area contributed by atoms with Crippen LogP contribution in [-0.2, 0) is 81.0 Å². The predicted octanol–water partition coefficient (Wildman–Crippen LogP) is -7.86. The van der Waals surface area contributed by atoms with E-state index in [0.717, 1.165) is 0 Å². The van der Waals surface area contributed by atoms with Crippen molar-refractivity contribution in [3.8, 4) is 0 Å². The molecule has 0 fully saturated rings. The molecule has 0 atom stereocenters. The Hall–Kier alpha value is 0.690. The first-order valence-corrected chi connectivity index (χ1v) is 8.25. The van der Waals surface area contributed by atoms with Gasteiger partial charge in [-0.2, -0.15) is 0 Å². The standard InChI is InChI=1S/4Cr.12O/q;;;+6;;;;;;;6*-1. The molecule has 0 saturated carbocycles. The molecule has 0 amide bonds. The molecule has 0 unspecified atom stereocenters. The molecule has 0 N–H and O–H groups in total. The van der Waals surface area contributed by atoms with Gasteiger partial charge in [-0.15, -0.1) is 0 Å². The molecule has 16 heavy (non-hydrogen) atoms. The summed E-state index contributed by atoms with van der Waals surface area (Å²) in [5.74, 6) is 0. The van der Waals surface area contributed by atoms with Gasteiger partial charge in [0.25, 0.3) is 0 Å². The van der Waals surface area contributed by atoms with Crippen molar-refractivity contribution in [2.45, 2.75) is 0 Å². The van der Waals surface area contributed by atoms with E-state index in [9.17, 15) is 0 Å². The van der Waals surface area contributed by atoms with Crippen molar-refractivity contribution in [3.05, 3.63) is 0 Å². The summed E-state index contributed by atoms with van der Waals surface area (Å²) in [4.78, 5) is 0. The van der Waals surface area contributed by atoms with Crippen molar-refractivity contribution in [2.24, 2.45) is 0 Å². The van der Waals surface area contributed by atoms with Gasteiger partial charge in [-0.05, 0) is 0 Å². The van der Waals surface area contributed by atoms with Gasteiger partial charge in [0.05, 0.1) is 0 Å². The van der Waals surface area contributed by atoms with Gasteiger partial charge >= 0.3 is 106 Å². The Balaban J connectivity index is -0.0000000655. The van der Waals surface area contributed by atoms with E-state index in [0.29, 0.717) is 0 Å². The van der Waals surface area contributed by atoms with Crippen LogP contribution in [0, 0.1) is 0 Å². The topological polar surface area (TPSA) is 241 Å². The maximum atomic E-state index is 8.59. The summed E-state index contributed by atoms with van der Waals surface area (Å²) < 4.78 is 103. The summed E-state index contributed by atoms with van der Waals surface area (Å²) in [6.07, 6.45) is 0. The molecule has 16 heteroatoms. The zero-order valence-electron chi connectivity index (χ0n) is 6.53. The molecule has 0 aliphatic heterocycles. The third kappa shape index (κ3) is 5780. The van der Waals surface area contributed by atoms with Crippen molar-refractivity contribution in [3.63, 3.8) is 0 Å². The van der Waals surface area contributed by atoms with E-state index in [-0.39, 0.29) is 17.4 Å². The Morgan fingerprint density at radius 2 is 0.438 bits per heavy atom. The monoisotopic (exact) mass is 400 g/mol. The van der Waals surface area contributed by atoms with Crippen LogP contribution in [0.4, 0.5) is 0 Å². The number of hydrogen-bond acceptors (Lipinski definition) is 12. The Bertz CT molecular complexity index is 334. The molecular weight excluding hydrogens is 400 g/mol. The summed E-state index contributed by atoms with van der Waals surface area (Å²) in [5.41, 5.74) is 0. The summed E-state index contributed by atoms with van der Waals surface area (Å²) in [6.45, 7) is 0. The van der Waals surface area contributed by atoms with Gasteiger partial charge in [-0.1, -0.05) is 0 Å². The van der Waals surface area contributed by atoms with E-state index < -0.39 is 40.8 Å². The SMILES string of the molecule is [Cr+6].[O]=[Cr](=[O])([O-])[O-].[O]=[Cr](=[O])([O-])[O-].[O]=[Cr](=[O])([O-])[O-]. The van der Waals surface area contributed by atoms with Crippen molar-refractivity contribution in [1.82, 2.24) is 0 Å². The van der Waals surface area contributed by atoms with Crippen molar-refractivity contribution >= 4 is 0 Å². The van der Waals surface area contributed by atoms with Gasteiger partial charge < -0.3 is 0 Å². The fraction of sp³-hybridized carbons (Fsp3) is 0. The second-order valence-electron chi connectivity index (χ2n) is 1.22. The van der Waals surface area contributed by atoms with Gasteiger partial charge in [0.15, 0.2) is 0 Å². The van der Waals surface area contributed by atoms with Crippen LogP contribution in [0.5, 0.6) is 0 Å². The zero-order chi connectivity index (χ0) is 13.5. The number of rotatable bonds is 0. The minimum atomic E-state index is -5.75. The van der Waals surface area contributed by atoms with Crippen LogP contribution in [0.1, 0.15) is 0 Å². The van der Waals surface area contributed by atoms with E-state index in [4.69, 9.17) is 47.8 Å². The molecule has 0 spiro atoms. The summed E-state index contributed by atoms with van der Waals surface area (Å²) in [7, 11) is 0. The summed E-state index contributed by atoms with van der Waals surface area (Å²) in [6, 6.07) is 0. The van der Waals surface area contributed by atoms with E-state index in [1.165, 1.54) is 0 Å². The van der Waals surface area contributed by atoms with Crippen LogP contribution in [-0.4, -0.2) is 0 Å². The Morgan fingerprint density at radius 1 is 0.438 bits per heavy atom.